The third-order valence-electron chi connectivity index (χ3n) is 6.88. The van der Waals surface area contributed by atoms with Crippen LogP contribution >= 0.6 is 0 Å². The van der Waals surface area contributed by atoms with Crippen LogP contribution in [0.25, 0.3) is 0 Å². The molecule has 0 unspecified atom stereocenters. The molecule has 1 aromatic heterocycles. The van der Waals surface area contributed by atoms with E-state index in [2.05, 4.69) is 20.3 Å². The number of hydrogen-bond acceptors (Lipinski definition) is 7. The molecular formula is C28H28F3N5O4. The number of ether oxygens (including phenoxy) is 2. The predicted octanol–water partition coefficient (Wildman–Crippen LogP) is 3.87. The molecule has 2 amide bonds. The van der Waals surface area contributed by atoms with E-state index in [1.165, 1.54) is 24.3 Å². The van der Waals surface area contributed by atoms with Gasteiger partial charge in [-0.15, -0.1) is 13.2 Å². The van der Waals surface area contributed by atoms with Gasteiger partial charge in [-0.2, -0.15) is 10.2 Å². The summed E-state index contributed by atoms with van der Waals surface area (Å²) in [4.78, 5) is 29.2. The van der Waals surface area contributed by atoms with Crippen molar-refractivity contribution in [1.29, 1.82) is 0 Å². The van der Waals surface area contributed by atoms with Gasteiger partial charge >= 0.3 is 6.36 Å². The molecule has 210 valence electrons. The summed E-state index contributed by atoms with van der Waals surface area (Å²) in [6, 6.07) is 14.4. The highest BCUT2D eigenvalue weighted by Crippen LogP contribution is 2.30. The van der Waals surface area contributed by atoms with Crippen molar-refractivity contribution in [3.8, 4) is 11.5 Å². The molecule has 0 atom stereocenters. The summed E-state index contributed by atoms with van der Waals surface area (Å²) in [6.07, 6.45) is -0.332. The van der Waals surface area contributed by atoms with E-state index in [1.807, 2.05) is 24.3 Å². The summed E-state index contributed by atoms with van der Waals surface area (Å²) in [5.74, 6) is 0.145. The smallest absolute Gasteiger partial charge is 0.490 e. The van der Waals surface area contributed by atoms with Gasteiger partial charge in [-0.1, -0.05) is 12.1 Å². The van der Waals surface area contributed by atoms with E-state index in [1.54, 1.807) is 28.3 Å². The first-order chi connectivity index (χ1) is 19.2. The van der Waals surface area contributed by atoms with E-state index in [-0.39, 0.29) is 36.0 Å². The maximum Gasteiger partial charge on any atom is 0.573 e. The molecule has 2 fully saturated rings. The first-order valence-electron chi connectivity index (χ1n) is 13.0. The quantitative estimate of drug-likeness (QED) is 0.451. The Morgan fingerprint density at radius 3 is 2.17 bits per heavy atom. The van der Waals surface area contributed by atoms with Crippen LogP contribution in [0.2, 0.25) is 0 Å². The molecule has 2 aliphatic rings. The van der Waals surface area contributed by atoms with Gasteiger partial charge in [0.05, 0.1) is 30.4 Å². The molecule has 0 radical (unpaired) electrons. The standard InChI is InChI=1S/C28H28F3N5O4/c29-28(30,31)40-25-5-1-19(2-6-25)15-26(37)35-13-10-24(11-14-35)39-23-7-3-21(4-8-23)36(22-9-12-33-34-18-22)27(38)20-16-32-17-20/h1-9,12,18,20,24,32H,10-11,13-17H2. The Labute approximate surface area is 228 Å². The van der Waals surface area contributed by atoms with E-state index in [0.29, 0.717) is 61.7 Å². The molecule has 0 spiro atoms. The monoisotopic (exact) mass is 555 g/mol. The average Bonchev–Trinajstić information content (AvgIpc) is 2.90. The molecule has 3 aromatic rings. The Morgan fingerprint density at radius 2 is 1.60 bits per heavy atom. The number of amides is 2. The molecule has 12 heteroatoms. The average molecular weight is 556 g/mol. The van der Waals surface area contributed by atoms with Gasteiger partial charge in [0.25, 0.3) is 0 Å². The molecule has 40 heavy (non-hydrogen) atoms. The maximum atomic E-state index is 13.1. The molecule has 5 rings (SSSR count). The van der Waals surface area contributed by atoms with Crippen LogP contribution in [0, 0.1) is 5.92 Å². The lowest BCUT2D eigenvalue weighted by molar-refractivity contribution is -0.274. The number of aromatic nitrogens is 2. The van der Waals surface area contributed by atoms with E-state index in [0.717, 1.165) is 0 Å². The Hall–Kier alpha value is -4.19. The molecule has 0 aliphatic carbocycles. The lowest BCUT2D eigenvalue weighted by atomic mass is 10.0. The van der Waals surface area contributed by atoms with E-state index in [9.17, 15) is 22.8 Å². The van der Waals surface area contributed by atoms with Crippen molar-refractivity contribution in [2.45, 2.75) is 31.7 Å². The summed E-state index contributed by atoms with van der Waals surface area (Å²) >= 11 is 0. The van der Waals surface area contributed by atoms with Gasteiger partial charge in [0.2, 0.25) is 11.8 Å². The number of likely N-dealkylation sites (tertiary alicyclic amines) is 1. The zero-order valence-electron chi connectivity index (χ0n) is 21.5. The van der Waals surface area contributed by atoms with Crippen molar-refractivity contribution >= 4 is 23.2 Å². The number of anilines is 2. The number of carbonyl (C=O) groups excluding carboxylic acids is 2. The number of carbonyl (C=O) groups is 2. The Balaban J connectivity index is 1.13. The van der Waals surface area contributed by atoms with Crippen LogP contribution in [0.1, 0.15) is 18.4 Å². The first kappa shape index (κ1) is 27.4. The summed E-state index contributed by atoms with van der Waals surface area (Å²) in [5, 5.41) is 10.8. The zero-order valence-corrected chi connectivity index (χ0v) is 21.5. The fourth-order valence-electron chi connectivity index (χ4n) is 4.65. The number of halogens is 3. The Kier molecular flexibility index (Phi) is 8.15. The van der Waals surface area contributed by atoms with Crippen molar-refractivity contribution in [2.24, 2.45) is 5.92 Å². The second-order valence-electron chi connectivity index (χ2n) is 9.69. The van der Waals surface area contributed by atoms with Gasteiger partial charge in [-0.05, 0) is 48.0 Å². The highest BCUT2D eigenvalue weighted by Gasteiger charge is 2.32. The minimum Gasteiger partial charge on any atom is -0.490 e. The van der Waals surface area contributed by atoms with E-state index < -0.39 is 6.36 Å². The Morgan fingerprint density at radius 1 is 0.925 bits per heavy atom. The van der Waals surface area contributed by atoms with Crippen LogP contribution in [0.5, 0.6) is 11.5 Å². The predicted molar refractivity (Wildman–Crippen MR) is 139 cm³/mol. The minimum absolute atomic E-state index is 0.0111. The summed E-state index contributed by atoms with van der Waals surface area (Å²) in [5.41, 5.74) is 1.96. The molecular weight excluding hydrogens is 527 g/mol. The van der Waals surface area contributed by atoms with Crippen LogP contribution < -0.4 is 19.7 Å². The van der Waals surface area contributed by atoms with Gasteiger partial charge < -0.3 is 19.7 Å². The van der Waals surface area contributed by atoms with Crippen molar-refractivity contribution in [3.63, 3.8) is 0 Å². The lowest BCUT2D eigenvalue weighted by Gasteiger charge is -2.33. The van der Waals surface area contributed by atoms with E-state index >= 15 is 0 Å². The molecule has 0 bridgehead atoms. The topological polar surface area (TPSA) is 96.9 Å². The molecule has 2 aliphatic heterocycles. The second-order valence-corrected chi connectivity index (χ2v) is 9.69. The van der Waals surface area contributed by atoms with Crippen molar-refractivity contribution < 1.29 is 32.2 Å². The number of piperidine rings is 1. The van der Waals surface area contributed by atoms with Gasteiger partial charge in [0.1, 0.15) is 17.6 Å². The lowest BCUT2D eigenvalue weighted by Crippen LogP contribution is -2.51. The van der Waals surface area contributed by atoms with Gasteiger partial charge in [0, 0.05) is 44.7 Å². The third-order valence-corrected chi connectivity index (χ3v) is 6.88. The van der Waals surface area contributed by atoms with Crippen molar-refractivity contribution in [2.75, 3.05) is 31.1 Å². The van der Waals surface area contributed by atoms with Crippen LogP contribution in [-0.2, 0) is 16.0 Å². The fraction of sp³-hybridized carbons (Fsp3) is 0.357. The van der Waals surface area contributed by atoms with E-state index in [4.69, 9.17) is 4.74 Å². The van der Waals surface area contributed by atoms with Crippen LogP contribution in [0.3, 0.4) is 0 Å². The fourth-order valence-corrected chi connectivity index (χ4v) is 4.65. The second kappa shape index (κ2) is 11.9. The number of nitrogens with one attached hydrogen (secondary N) is 1. The van der Waals surface area contributed by atoms with Crippen LogP contribution in [-0.4, -0.2) is 65.6 Å². The zero-order chi connectivity index (χ0) is 28.1. The summed E-state index contributed by atoms with van der Waals surface area (Å²) in [6.45, 7) is 2.31. The first-order valence-corrected chi connectivity index (χ1v) is 13.0. The van der Waals surface area contributed by atoms with Gasteiger partial charge in [-0.25, -0.2) is 0 Å². The third kappa shape index (κ3) is 6.87. The van der Waals surface area contributed by atoms with Gasteiger partial charge in [0.15, 0.2) is 0 Å². The number of rotatable bonds is 8. The number of benzene rings is 2. The van der Waals surface area contributed by atoms with Crippen molar-refractivity contribution in [1.82, 2.24) is 20.4 Å². The highest BCUT2D eigenvalue weighted by molar-refractivity contribution is 6.02. The van der Waals surface area contributed by atoms with Crippen LogP contribution in [0.15, 0.2) is 67.0 Å². The Bertz CT molecular complexity index is 1290. The molecule has 0 saturated carbocycles. The largest absolute Gasteiger partial charge is 0.573 e. The molecule has 9 nitrogen and oxygen atoms in total. The number of hydrogen-bond donors (Lipinski definition) is 1. The number of alkyl halides is 3. The molecule has 2 saturated heterocycles. The van der Waals surface area contributed by atoms with Crippen molar-refractivity contribution in [3.05, 3.63) is 72.6 Å². The summed E-state index contributed by atoms with van der Waals surface area (Å²) < 4.78 is 47.0. The highest BCUT2D eigenvalue weighted by atomic mass is 19.4. The van der Waals surface area contributed by atoms with Gasteiger partial charge in [-0.3, -0.25) is 14.5 Å². The number of nitrogens with zero attached hydrogens (tertiary/aromatic N) is 4. The molecule has 3 heterocycles. The SMILES string of the molecule is O=C(Cc1ccc(OC(F)(F)F)cc1)N1CCC(Oc2ccc(N(C(=O)C3CNC3)c3ccnnc3)cc2)CC1. The molecule has 1 N–H and O–H groups in total. The van der Waals surface area contributed by atoms with Crippen LogP contribution in [0.4, 0.5) is 24.5 Å². The minimum atomic E-state index is -4.75. The maximum absolute atomic E-state index is 13.1. The normalized spacial score (nSPS) is 16.2. The summed E-state index contributed by atoms with van der Waals surface area (Å²) in [7, 11) is 0. The molecule has 2 aromatic carbocycles.